The van der Waals surface area contributed by atoms with Crippen LogP contribution in [-0.2, 0) is 24.4 Å². The topological polar surface area (TPSA) is 39.1 Å². The largest absolute Gasteiger partial charge is 0.378 e. The van der Waals surface area contributed by atoms with Crippen LogP contribution in [0.15, 0.2) is 6.20 Å². The van der Waals surface area contributed by atoms with Crippen LogP contribution in [-0.4, -0.2) is 23.2 Å². The molecule has 0 unspecified atom stereocenters. The van der Waals surface area contributed by atoms with Crippen molar-refractivity contribution in [2.75, 3.05) is 13.7 Å². The molecular formula is C8H13N3O. The summed E-state index contributed by atoms with van der Waals surface area (Å²) < 4.78 is 7.19. The highest BCUT2D eigenvalue weighted by Crippen LogP contribution is 2.06. The van der Waals surface area contributed by atoms with E-state index in [0.717, 1.165) is 31.2 Å². The molecule has 2 heterocycles. The summed E-state index contributed by atoms with van der Waals surface area (Å²) in [4.78, 5) is 4.42. The van der Waals surface area contributed by atoms with Crippen LogP contribution in [0.1, 0.15) is 11.5 Å². The summed E-state index contributed by atoms with van der Waals surface area (Å²) in [7, 11) is 1.69. The third kappa shape index (κ3) is 1.35. The normalized spacial score (nSPS) is 16.1. The second-order valence-corrected chi connectivity index (χ2v) is 2.95. The lowest BCUT2D eigenvalue weighted by Gasteiger charge is -2.13. The van der Waals surface area contributed by atoms with Gasteiger partial charge in [-0.2, -0.15) is 0 Å². The van der Waals surface area contributed by atoms with Crippen LogP contribution in [0.5, 0.6) is 0 Å². The van der Waals surface area contributed by atoms with Gasteiger partial charge in [-0.25, -0.2) is 4.98 Å². The Morgan fingerprint density at radius 1 is 1.75 bits per heavy atom. The van der Waals surface area contributed by atoms with Gasteiger partial charge in [-0.3, -0.25) is 0 Å². The second kappa shape index (κ2) is 3.25. The second-order valence-electron chi connectivity index (χ2n) is 2.95. The van der Waals surface area contributed by atoms with Crippen LogP contribution in [0.2, 0.25) is 0 Å². The van der Waals surface area contributed by atoms with E-state index in [9.17, 15) is 0 Å². The molecular weight excluding hydrogens is 154 g/mol. The van der Waals surface area contributed by atoms with Crippen LogP contribution < -0.4 is 5.32 Å². The molecule has 2 rings (SSSR count). The smallest absolute Gasteiger partial charge is 0.123 e. The van der Waals surface area contributed by atoms with Gasteiger partial charge in [0.25, 0.3) is 0 Å². The van der Waals surface area contributed by atoms with Gasteiger partial charge in [0.1, 0.15) is 5.82 Å². The molecule has 0 amide bonds. The number of rotatable bonds is 2. The zero-order valence-electron chi connectivity index (χ0n) is 7.21. The molecule has 0 spiro atoms. The van der Waals surface area contributed by atoms with Crippen LogP contribution in [0.4, 0.5) is 0 Å². The Morgan fingerprint density at radius 3 is 3.42 bits per heavy atom. The van der Waals surface area contributed by atoms with Gasteiger partial charge < -0.3 is 14.6 Å². The molecule has 0 aromatic carbocycles. The first-order valence-corrected chi connectivity index (χ1v) is 4.15. The molecule has 1 N–H and O–H groups in total. The summed E-state index contributed by atoms with van der Waals surface area (Å²) in [5.41, 5.74) is 1.02. The Kier molecular flexibility index (Phi) is 2.10. The van der Waals surface area contributed by atoms with Crippen molar-refractivity contribution in [1.29, 1.82) is 0 Å². The molecule has 0 atom stereocenters. The standard InChI is InChI=1S/C8H13N3O/c1-12-6-7-5-11-3-2-9-4-8(11)10-7/h5,9H,2-4,6H2,1H3. The Hall–Kier alpha value is -0.870. The third-order valence-corrected chi connectivity index (χ3v) is 2.01. The summed E-state index contributed by atoms with van der Waals surface area (Å²) in [5, 5.41) is 3.27. The number of methoxy groups -OCH3 is 1. The molecule has 0 fully saturated rings. The van der Waals surface area contributed by atoms with Crippen molar-refractivity contribution < 1.29 is 4.74 Å². The fourth-order valence-corrected chi connectivity index (χ4v) is 1.47. The number of nitrogens with one attached hydrogen (secondary N) is 1. The molecule has 0 aliphatic carbocycles. The minimum absolute atomic E-state index is 0.611. The summed E-state index contributed by atoms with van der Waals surface area (Å²) >= 11 is 0. The van der Waals surface area contributed by atoms with Gasteiger partial charge in [-0.05, 0) is 0 Å². The molecule has 12 heavy (non-hydrogen) atoms. The average Bonchev–Trinajstić information content (AvgIpc) is 2.47. The predicted octanol–water partition coefficient (Wildman–Crippen LogP) is 0.133. The van der Waals surface area contributed by atoms with E-state index >= 15 is 0 Å². The Bertz CT molecular complexity index is 246. The number of aromatic nitrogens is 2. The van der Waals surface area contributed by atoms with E-state index in [1.54, 1.807) is 7.11 Å². The summed E-state index contributed by atoms with van der Waals surface area (Å²) in [6.45, 7) is 3.55. The third-order valence-electron chi connectivity index (χ3n) is 2.01. The van der Waals surface area contributed by atoms with Gasteiger partial charge in [0.2, 0.25) is 0 Å². The molecule has 4 heteroatoms. The average molecular weight is 167 g/mol. The molecule has 1 aromatic rings. The molecule has 0 saturated heterocycles. The maximum atomic E-state index is 5.01. The van der Waals surface area contributed by atoms with Gasteiger partial charge >= 0.3 is 0 Å². The summed E-state index contributed by atoms with van der Waals surface area (Å²) in [6, 6.07) is 0. The van der Waals surface area contributed by atoms with Crippen LogP contribution in [0, 0.1) is 0 Å². The lowest BCUT2D eigenvalue weighted by Crippen LogP contribution is -2.27. The van der Waals surface area contributed by atoms with Crippen LogP contribution >= 0.6 is 0 Å². The lowest BCUT2D eigenvalue weighted by molar-refractivity contribution is 0.181. The number of nitrogens with zero attached hydrogens (tertiary/aromatic N) is 2. The minimum atomic E-state index is 0.611. The van der Waals surface area contributed by atoms with Crippen molar-refractivity contribution in [2.24, 2.45) is 0 Å². The van der Waals surface area contributed by atoms with E-state index in [4.69, 9.17) is 4.74 Å². The molecule has 1 aliphatic rings. The Labute approximate surface area is 71.6 Å². The van der Waals surface area contributed by atoms with E-state index in [0.29, 0.717) is 6.61 Å². The lowest BCUT2D eigenvalue weighted by atomic mass is 10.4. The van der Waals surface area contributed by atoms with E-state index in [2.05, 4.69) is 21.1 Å². The zero-order chi connectivity index (χ0) is 8.39. The van der Waals surface area contributed by atoms with Gasteiger partial charge in [0, 0.05) is 26.4 Å². The van der Waals surface area contributed by atoms with Gasteiger partial charge in [-0.15, -0.1) is 0 Å². The highest BCUT2D eigenvalue weighted by Gasteiger charge is 2.10. The molecule has 1 aliphatic heterocycles. The van der Waals surface area contributed by atoms with Crippen molar-refractivity contribution in [3.05, 3.63) is 17.7 Å². The molecule has 1 aromatic heterocycles. The Morgan fingerprint density at radius 2 is 2.67 bits per heavy atom. The molecule has 0 radical (unpaired) electrons. The fourth-order valence-electron chi connectivity index (χ4n) is 1.47. The number of ether oxygens (including phenoxy) is 1. The monoisotopic (exact) mass is 167 g/mol. The summed E-state index contributed by atoms with van der Waals surface area (Å²) in [5.74, 6) is 1.12. The minimum Gasteiger partial charge on any atom is -0.378 e. The van der Waals surface area contributed by atoms with E-state index < -0.39 is 0 Å². The van der Waals surface area contributed by atoms with Gasteiger partial charge in [0.05, 0.1) is 18.8 Å². The highest BCUT2D eigenvalue weighted by atomic mass is 16.5. The SMILES string of the molecule is COCc1cn2c(n1)CNCC2. The van der Waals surface area contributed by atoms with Crippen LogP contribution in [0.25, 0.3) is 0 Å². The predicted molar refractivity (Wildman–Crippen MR) is 44.6 cm³/mol. The number of hydrogen-bond donors (Lipinski definition) is 1. The van der Waals surface area contributed by atoms with Crippen molar-refractivity contribution >= 4 is 0 Å². The van der Waals surface area contributed by atoms with Gasteiger partial charge in [-0.1, -0.05) is 0 Å². The quantitative estimate of drug-likeness (QED) is 0.680. The van der Waals surface area contributed by atoms with Crippen molar-refractivity contribution in [2.45, 2.75) is 19.7 Å². The highest BCUT2D eigenvalue weighted by molar-refractivity contribution is 5.04. The summed E-state index contributed by atoms with van der Waals surface area (Å²) in [6.07, 6.45) is 2.07. The van der Waals surface area contributed by atoms with Crippen molar-refractivity contribution in [3.63, 3.8) is 0 Å². The fraction of sp³-hybridized carbons (Fsp3) is 0.625. The molecule has 0 bridgehead atoms. The number of imidazole rings is 1. The van der Waals surface area contributed by atoms with Crippen molar-refractivity contribution in [1.82, 2.24) is 14.9 Å². The number of hydrogen-bond acceptors (Lipinski definition) is 3. The van der Waals surface area contributed by atoms with E-state index in [-0.39, 0.29) is 0 Å². The van der Waals surface area contributed by atoms with E-state index in [1.807, 2.05) is 0 Å². The van der Waals surface area contributed by atoms with Gasteiger partial charge in [0.15, 0.2) is 0 Å². The molecule has 66 valence electrons. The molecule has 4 nitrogen and oxygen atoms in total. The zero-order valence-corrected chi connectivity index (χ0v) is 7.21. The maximum Gasteiger partial charge on any atom is 0.123 e. The van der Waals surface area contributed by atoms with Crippen LogP contribution in [0.3, 0.4) is 0 Å². The first-order chi connectivity index (χ1) is 5.90. The van der Waals surface area contributed by atoms with E-state index in [1.165, 1.54) is 0 Å². The molecule has 0 saturated carbocycles. The number of fused-ring (bicyclic) bond motifs is 1. The Balaban J connectivity index is 2.20. The first-order valence-electron chi connectivity index (χ1n) is 4.15. The first kappa shape index (κ1) is 7.76. The van der Waals surface area contributed by atoms with Crippen molar-refractivity contribution in [3.8, 4) is 0 Å². The maximum absolute atomic E-state index is 5.01.